The summed E-state index contributed by atoms with van der Waals surface area (Å²) in [6, 6.07) is -0.331. The maximum absolute atomic E-state index is 11.7. The van der Waals surface area contributed by atoms with E-state index >= 15 is 0 Å². The summed E-state index contributed by atoms with van der Waals surface area (Å²) in [5.41, 5.74) is -0.663. The van der Waals surface area contributed by atoms with Crippen molar-refractivity contribution in [3.05, 3.63) is 0 Å². The minimum absolute atomic E-state index is 0.0113. The quantitative estimate of drug-likeness (QED) is 0.707. The molecule has 1 saturated carbocycles. The molecule has 3 N–H and O–H groups in total. The second kappa shape index (κ2) is 6.54. The van der Waals surface area contributed by atoms with Crippen LogP contribution >= 0.6 is 0 Å². The lowest BCUT2D eigenvalue weighted by Gasteiger charge is -2.21. The van der Waals surface area contributed by atoms with Gasteiger partial charge in [-0.2, -0.15) is 0 Å². The van der Waals surface area contributed by atoms with Crippen molar-refractivity contribution in [3.8, 4) is 0 Å². The first-order valence-corrected chi connectivity index (χ1v) is 6.61. The van der Waals surface area contributed by atoms with Crippen LogP contribution in [0.1, 0.15) is 52.4 Å². The van der Waals surface area contributed by atoms with E-state index in [0.29, 0.717) is 0 Å². The molecule has 1 fully saturated rings. The smallest absolute Gasteiger partial charge is 0.321 e. The van der Waals surface area contributed by atoms with E-state index in [9.17, 15) is 14.4 Å². The van der Waals surface area contributed by atoms with Gasteiger partial charge in [0.1, 0.15) is 0 Å². The molecular weight excluding hydrogens is 248 g/mol. The third kappa shape index (κ3) is 6.22. The van der Waals surface area contributed by atoms with Gasteiger partial charge in [-0.25, -0.2) is 4.79 Å². The van der Waals surface area contributed by atoms with Gasteiger partial charge in [-0.1, -0.05) is 26.7 Å². The topological polar surface area (TPSA) is 95.5 Å². The molecule has 0 bridgehead atoms. The van der Waals surface area contributed by atoms with Crippen LogP contribution in [-0.2, 0) is 9.59 Å². The lowest BCUT2D eigenvalue weighted by Crippen LogP contribution is -2.44. The standard InChI is InChI=1S/C13H22N2O4/c1-13(2,8-11(17)18)7-10(16)15-12(19)14-9-5-3-4-6-9/h9H,3-8H2,1-2H3,(H,17,18)(H2,14,15,16,19). The summed E-state index contributed by atoms with van der Waals surface area (Å²) in [6.07, 6.45) is 4.01. The van der Waals surface area contributed by atoms with Crippen LogP contribution < -0.4 is 10.6 Å². The molecule has 3 amide bonds. The Morgan fingerprint density at radius 1 is 1.16 bits per heavy atom. The molecule has 0 spiro atoms. The first-order valence-electron chi connectivity index (χ1n) is 6.61. The van der Waals surface area contributed by atoms with Crippen molar-refractivity contribution in [2.45, 2.75) is 58.4 Å². The van der Waals surface area contributed by atoms with Crippen molar-refractivity contribution < 1.29 is 19.5 Å². The van der Waals surface area contributed by atoms with Crippen molar-refractivity contribution >= 4 is 17.9 Å². The second-order valence-corrected chi connectivity index (χ2v) is 5.91. The van der Waals surface area contributed by atoms with E-state index in [0.717, 1.165) is 25.7 Å². The molecule has 0 aromatic heterocycles. The van der Waals surface area contributed by atoms with Crippen molar-refractivity contribution in [1.29, 1.82) is 0 Å². The molecule has 0 saturated heterocycles. The summed E-state index contributed by atoms with van der Waals surface area (Å²) in [4.78, 5) is 33.9. The van der Waals surface area contributed by atoms with Gasteiger partial charge in [-0.05, 0) is 18.3 Å². The van der Waals surface area contributed by atoms with Crippen LogP contribution in [0.2, 0.25) is 0 Å². The van der Waals surface area contributed by atoms with Crippen molar-refractivity contribution in [3.63, 3.8) is 0 Å². The molecular formula is C13H22N2O4. The Kier molecular flexibility index (Phi) is 5.32. The third-order valence-electron chi connectivity index (χ3n) is 3.21. The van der Waals surface area contributed by atoms with E-state index in [4.69, 9.17) is 5.11 Å². The van der Waals surface area contributed by atoms with Gasteiger partial charge in [0.25, 0.3) is 0 Å². The van der Waals surface area contributed by atoms with Crippen molar-refractivity contribution in [2.24, 2.45) is 5.41 Å². The van der Waals surface area contributed by atoms with Gasteiger partial charge in [0.05, 0.1) is 6.42 Å². The number of rotatable bonds is 5. The summed E-state index contributed by atoms with van der Waals surface area (Å²) in [6.45, 7) is 3.38. The number of hydrogen-bond donors (Lipinski definition) is 3. The number of hydrogen-bond acceptors (Lipinski definition) is 3. The number of carboxylic acid groups (broad SMARTS) is 1. The average molecular weight is 270 g/mol. The first-order chi connectivity index (χ1) is 8.78. The minimum Gasteiger partial charge on any atom is -0.481 e. The van der Waals surface area contributed by atoms with E-state index in [1.165, 1.54) is 0 Å². The fraction of sp³-hybridized carbons (Fsp3) is 0.769. The zero-order valence-electron chi connectivity index (χ0n) is 11.5. The number of carboxylic acids is 1. The summed E-state index contributed by atoms with van der Waals surface area (Å²) in [5, 5.41) is 13.7. The Balaban J connectivity index is 2.33. The predicted octanol–water partition coefficient (Wildman–Crippen LogP) is 1.65. The Morgan fingerprint density at radius 3 is 2.26 bits per heavy atom. The highest BCUT2D eigenvalue weighted by atomic mass is 16.4. The van der Waals surface area contributed by atoms with Crippen LogP contribution in [0.4, 0.5) is 4.79 Å². The molecule has 19 heavy (non-hydrogen) atoms. The molecule has 6 heteroatoms. The predicted molar refractivity (Wildman–Crippen MR) is 69.6 cm³/mol. The lowest BCUT2D eigenvalue weighted by atomic mass is 9.85. The third-order valence-corrected chi connectivity index (χ3v) is 3.21. The number of nitrogens with one attached hydrogen (secondary N) is 2. The van der Waals surface area contributed by atoms with Crippen LogP contribution in [0, 0.1) is 5.41 Å². The van der Waals surface area contributed by atoms with Gasteiger partial charge in [-0.3, -0.25) is 14.9 Å². The fourth-order valence-corrected chi connectivity index (χ4v) is 2.37. The number of carbonyl (C=O) groups is 3. The molecule has 0 aromatic carbocycles. The normalized spacial score (nSPS) is 16.1. The van der Waals surface area contributed by atoms with Gasteiger partial charge >= 0.3 is 12.0 Å². The molecule has 0 unspecified atom stereocenters. The van der Waals surface area contributed by atoms with Gasteiger partial charge in [0, 0.05) is 12.5 Å². The molecule has 0 radical (unpaired) electrons. The number of amides is 3. The Hall–Kier alpha value is -1.59. The molecule has 108 valence electrons. The number of aliphatic carboxylic acids is 1. The van der Waals surface area contributed by atoms with Crippen molar-refractivity contribution in [2.75, 3.05) is 0 Å². The lowest BCUT2D eigenvalue weighted by molar-refractivity contribution is -0.139. The fourth-order valence-electron chi connectivity index (χ4n) is 2.37. The molecule has 1 aliphatic carbocycles. The van der Waals surface area contributed by atoms with Gasteiger partial charge in [-0.15, -0.1) is 0 Å². The Labute approximate surface area is 112 Å². The largest absolute Gasteiger partial charge is 0.481 e. The monoisotopic (exact) mass is 270 g/mol. The number of urea groups is 1. The Morgan fingerprint density at radius 2 is 1.74 bits per heavy atom. The number of carbonyl (C=O) groups excluding carboxylic acids is 2. The Bertz CT molecular complexity index is 360. The zero-order valence-corrected chi connectivity index (χ0v) is 11.5. The summed E-state index contributed by atoms with van der Waals surface area (Å²) >= 11 is 0. The van der Waals surface area contributed by atoms with Crippen LogP contribution in [-0.4, -0.2) is 29.1 Å². The summed E-state index contributed by atoms with van der Waals surface area (Å²) in [7, 11) is 0. The van der Waals surface area contributed by atoms with E-state index in [2.05, 4.69) is 10.6 Å². The maximum Gasteiger partial charge on any atom is 0.321 e. The van der Waals surface area contributed by atoms with E-state index in [1.54, 1.807) is 13.8 Å². The molecule has 0 heterocycles. The van der Waals surface area contributed by atoms with Crippen LogP contribution in [0.3, 0.4) is 0 Å². The molecule has 0 aliphatic heterocycles. The molecule has 1 rings (SSSR count). The minimum atomic E-state index is -0.951. The summed E-state index contributed by atoms with van der Waals surface area (Å²) < 4.78 is 0. The number of imide groups is 1. The summed E-state index contributed by atoms with van der Waals surface area (Å²) in [5.74, 6) is -1.39. The molecule has 6 nitrogen and oxygen atoms in total. The van der Waals surface area contributed by atoms with Crippen LogP contribution in [0.25, 0.3) is 0 Å². The second-order valence-electron chi connectivity index (χ2n) is 5.91. The highest BCUT2D eigenvalue weighted by Gasteiger charge is 2.26. The van der Waals surface area contributed by atoms with Gasteiger partial charge in [0.2, 0.25) is 5.91 Å². The van der Waals surface area contributed by atoms with Crippen LogP contribution in [0.15, 0.2) is 0 Å². The maximum atomic E-state index is 11.7. The zero-order chi connectivity index (χ0) is 14.5. The molecule has 0 atom stereocenters. The SMILES string of the molecule is CC(C)(CC(=O)O)CC(=O)NC(=O)NC1CCCC1. The van der Waals surface area contributed by atoms with E-state index in [1.807, 2.05) is 0 Å². The molecule has 1 aliphatic rings. The molecule has 0 aromatic rings. The van der Waals surface area contributed by atoms with Crippen molar-refractivity contribution in [1.82, 2.24) is 10.6 Å². The first kappa shape index (κ1) is 15.5. The van der Waals surface area contributed by atoms with Gasteiger partial charge in [0.15, 0.2) is 0 Å². The van der Waals surface area contributed by atoms with Gasteiger partial charge < -0.3 is 10.4 Å². The average Bonchev–Trinajstić information content (AvgIpc) is 2.65. The highest BCUT2D eigenvalue weighted by molar-refractivity contribution is 5.94. The van der Waals surface area contributed by atoms with E-state index in [-0.39, 0.29) is 18.9 Å². The van der Waals surface area contributed by atoms with Crippen LogP contribution in [0.5, 0.6) is 0 Å². The highest BCUT2D eigenvalue weighted by Crippen LogP contribution is 2.24. The van der Waals surface area contributed by atoms with E-state index < -0.39 is 23.3 Å².